The smallest absolute Gasteiger partial charge is 0.313 e. The highest BCUT2D eigenvalue weighted by Crippen LogP contribution is 2.24. The molecule has 1 aromatic rings. The second-order valence-corrected chi connectivity index (χ2v) is 3.48. The monoisotopic (exact) mass is 180 g/mol. The lowest BCUT2D eigenvalue weighted by atomic mass is 9.85. The van der Waals surface area contributed by atoms with Crippen LogP contribution >= 0.6 is 0 Å². The summed E-state index contributed by atoms with van der Waals surface area (Å²) in [6, 6.07) is 6.20. The van der Waals surface area contributed by atoms with Gasteiger partial charge in [0.05, 0.1) is 5.41 Å². The van der Waals surface area contributed by atoms with Crippen molar-refractivity contribution in [3.8, 4) is 5.75 Å². The lowest BCUT2D eigenvalue weighted by Crippen LogP contribution is -2.28. The van der Waals surface area contributed by atoms with Crippen molar-refractivity contribution in [1.29, 1.82) is 0 Å². The van der Waals surface area contributed by atoms with Crippen molar-refractivity contribution >= 4 is 5.97 Å². The van der Waals surface area contributed by atoms with Gasteiger partial charge in [-0.1, -0.05) is 12.1 Å². The number of benzene rings is 1. The zero-order valence-corrected chi connectivity index (χ0v) is 7.61. The molecule has 0 saturated carbocycles. The van der Waals surface area contributed by atoms with E-state index in [0.717, 1.165) is 0 Å². The fraction of sp³-hybridized carbons (Fsp3) is 0.300. The molecule has 0 aliphatic rings. The highest BCUT2D eigenvalue weighted by Gasteiger charge is 2.28. The molecule has 0 radical (unpaired) electrons. The average Bonchev–Trinajstić information content (AvgIpc) is 2.04. The van der Waals surface area contributed by atoms with Crippen LogP contribution in [-0.2, 0) is 10.2 Å². The molecule has 0 saturated heterocycles. The fourth-order valence-electron chi connectivity index (χ4n) is 1.00. The van der Waals surface area contributed by atoms with Gasteiger partial charge in [-0.2, -0.15) is 0 Å². The topological polar surface area (TPSA) is 57.5 Å². The molecular formula is C10H12O3. The number of carboxylic acids is 1. The van der Waals surface area contributed by atoms with Gasteiger partial charge < -0.3 is 10.2 Å². The molecule has 3 heteroatoms. The minimum atomic E-state index is -0.909. The molecule has 0 heterocycles. The molecule has 0 unspecified atom stereocenters. The van der Waals surface area contributed by atoms with Crippen LogP contribution in [0.5, 0.6) is 5.75 Å². The Morgan fingerprint density at radius 2 is 1.69 bits per heavy atom. The Bertz CT molecular complexity index is 311. The number of rotatable bonds is 2. The maximum Gasteiger partial charge on any atom is 0.313 e. The van der Waals surface area contributed by atoms with E-state index in [4.69, 9.17) is 10.2 Å². The van der Waals surface area contributed by atoms with Crippen LogP contribution in [0.15, 0.2) is 24.3 Å². The van der Waals surface area contributed by atoms with Gasteiger partial charge in [0.1, 0.15) is 5.75 Å². The number of aliphatic carboxylic acids is 1. The Balaban J connectivity index is 3.08. The average molecular weight is 180 g/mol. The van der Waals surface area contributed by atoms with Gasteiger partial charge in [-0.05, 0) is 31.5 Å². The van der Waals surface area contributed by atoms with Gasteiger partial charge in [0.25, 0.3) is 0 Å². The number of hydrogen-bond donors (Lipinski definition) is 2. The van der Waals surface area contributed by atoms with E-state index < -0.39 is 11.4 Å². The predicted octanol–water partition coefficient (Wildman–Crippen LogP) is 1.75. The third kappa shape index (κ3) is 1.80. The fourth-order valence-corrected chi connectivity index (χ4v) is 1.00. The van der Waals surface area contributed by atoms with Crippen molar-refractivity contribution in [3.05, 3.63) is 29.8 Å². The van der Waals surface area contributed by atoms with E-state index in [-0.39, 0.29) is 5.75 Å². The second-order valence-electron chi connectivity index (χ2n) is 3.48. The zero-order chi connectivity index (χ0) is 10.1. The first-order valence-corrected chi connectivity index (χ1v) is 3.97. The highest BCUT2D eigenvalue weighted by atomic mass is 16.4. The molecule has 0 aliphatic carbocycles. The summed E-state index contributed by atoms with van der Waals surface area (Å²) in [7, 11) is 0. The number of hydrogen-bond acceptors (Lipinski definition) is 2. The number of carbonyl (C=O) groups is 1. The van der Waals surface area contributed by atoms with Crippen LogP contribution in [0.4, 0.5) is 0 Å². The first-order valence-electron chi connectivity index (χ1n) is 3.97. The quantitative estimate of drug-likeness (QED) is 0.729. The van der Waals surface area contributed by atoms with E-state index >= 15 is 0 Å². The zero-order valence-electron chi connectivity index (χ0n) is 7.61. The van der Waals surface area contributed by atoms with Crippen LogP contribution < -0.4 is 0 Å². The molecule has 0 fully saturated rings. The lowest BCUT2D eigenvalue weighted by Gasteiger charge is -2.19. The van der Waals surface area contributed by atoms with Crippen molar-refractivity contribution in [1.82, 2.24) is 0 Å². The summed E-state index contributed by atoms with van der Waals surface area (Å²) < 4.78 is 0. The molecule has 70 valence electrons. The summed E-state index contributed by atoms with van der Waals surface area (Å²) in [5, 5.41) is 17.9. The Morgan fingerprint density at radius 3 is 2.08 bits per heavy atom. The number of phenolic OH excluding ortho intramolecular Hbond substituents is 1. The molecule has 1 rings (SSSR count). The van der Waals surface area contributed by atoms with Gasteiger partial charge in [-0.3, -0.25) is 4.79 Å². The van der Waals surface area contributed by atoms with Crippen LogP contribution in [0, 0.1) is 0 Å². The normalized spacial score (nSPS) is 11.2. The van der Waals surface area contributed by atoms with Gasteiger partial charge in [0.15, 0.2) is 0 Å². The minimum Gasteiger partial charge on any atom is -0.508 e. The molecule has 3 nitrogen and oxygen atoms in total. The van der Waals surface area contributed by atoms with Crippen molar-refractivity contribution in [2.75, 3.05) is 0 Å². The first-order chi connectivity index (χ1) is 5.94. The predicted molar refractivity (Wildman–Crippen MR) is 48.8 cm³/mol. The molecule has 1 aromatic carbocycles. The number of aromatic hydroxyl groups is 1. The lowest BCUT2D eigenvalue weighted by molar-refractivity contribution is -0.142. The summed E-state index contributed by atoms with van der Waals surface area (Å²) in [6.45, 7) is 3.25. The van der Waals surface area contributed by atoms with Gasteiger partial charge in [-0.15, -0.1) is 0 Å². The summed E-state index contributed by atoms with van der Waals surface area (Å²) in [5.74, 6) is -0.733. The first kappa shape index (κ1) is 9.58. The molecule has 13 heavy (non-hydrogen) atoms. The van der Waals surface area contributed by atoms with Crippen LogP contribution in [0.2, 0.25) is 0 Å². The molecule has 0 bridgehead atoms. The van der Waals surface area contributed by atoms with Crippen molar-refractivity contribution in [2.24, 2.45) is 0 Å². The minimum absolute atomic E-state index is 0.143. The molecule has 0 aliphatic heterocycles. The van der Waals surface area contributed by atoms with E-state index in [2.05, 4.69) is 0 Å². The molecule has 0 spiro atoms. The standard InChI is InChI=1S/C10H12O3/c1-10(2,9(12)13)7-3-5-8(11)6-4-7/h3-6,11H,1-2H3,(H,12,13). The summed E-state index contributed by atoms with van der Waals surface area (Å²) in [5.41, 5.74) is -0.231. The van der Waals surface area contributed by atoms with Gasteiger partial charge in [0.2, 0.25) is 0 Å². The number of carboxylic acid groups (broad SMARTS) is 1. The van der Waals surface area contributed by atoms with Crippen molar-refractivity contribution < 1.29 is 15.0 Å². The van der Waals surface area contributed by atoms with Crippen LogP contribution in [0.3, 0.4) is 0 Å². The molecule has 0 aromatic heterocycles. The van der Waals surface area contributed by atoms with Crippen LogP contribution in [-0.4, -0.2) is 16.2 Å². The Labute approximate surface area is 76.6 Å². The van der Waals surface area contributed by atoms with E-state index in [0.29, 0.717) is 5.56 Å². The second kappa shape index (κ2) is 3.09. The maximum absolute atomic E-state index is 10.8. The Hall–Kier alpha value is -1.51. The summed E-state index contributed by atoms with van der Waals surface area (Å²) in [6.07, 6.45) is 0. The maximum atomic E-state index is 10.8. The van der Waals surface area contributed by atoms with Crippen molar-refractivity contribution in [2.45, 2.75) is 19.3 Å². The SMILES string of the molecule is CC(C)(C(=O)O)c1ccc(O)cc1. The largest absolute Gasteiger partial charge is 0.508 e. The van der Waals surface area contributed by atoms with Crippen LogP contribution in [0.25, 0.3) is 0 Å². The summed E-state index contributed by atoms with van der Waals surface area (Å²) >= 11 is 0. The molecule has 2 N–H and O–H groups in total. The van der Waals surface area contributed by atoms with E-state index in [1.54, 1.807) is 26.0 Å². The van der Waals surface area contributed by atoms with Gasteiger partial charge in [0, 0.05) is 0 Å². The number of phenols is 1. The third-order valence-electron chi connectivity index (χ3n) is 2.12. The van der Waals surface area contributed by atoms with Crippen molar-refractivity contribution in [3.63, 3.8) is 0 Å². The third-order valence-corrected chi connectivity index (χ3v) is 2.12. The van der Waals surface area contributed by atoms with E-state index in [1.165, 1.54) is 12.1 Å². The molecular weight excluding hydrogens is 168 g/mol. The summed E-state index contributed by atoms with van der Waals surface area (Å²) in [4.78, 5) is 10.8. The van der Waals surface area contributed by atoms with Gasteiger partial charge in [-0.25, -0.2) is 0 Å². The Kier molecular flexibility index (Phi) is 2.28. The molecule has 0 amide bonds. The van der Waals surface area contributed by atoms with E-state index in [9.17, 15) is 4.79 Å². The highest BCUT2D eigenvalue weighted by molar-refractivity contribution is 5.80. The van der Waals surface area contributed by atoms with Gasteiger partial charge >= 0.3 is 5.97 Å². The molecule has 0 atom stereocenters. The van der Waals surface area contributed by atoms with Crippen LogP contribution in [0.1, 0.15) is 19.4 Å². The Morgan fingerprint density at radius 1 is 1.23 bits per heavy atom. The van der Waals surface area contributed by atoms with E-state index in [1.807, 2.05) is 0 Å².